The molecule has 7 heteroatoms. The van der Waals surface area contributed by atoms with Gasteiger partial charge in [-0.05, 0) is 6.92 Å². The van der Waals surface area contributed by atoms with E-state index in [-0.39, 0.29) is 23.1 Å². The normalized spacial score (nSPS) is 22.4. The Morgan fingerprint density at radius 1 is 1.53 bits per heavy atom. The summed E-state index contributed by atoms with van der Waals surface area (Å²) in [4.78, 5) is 30.7. The Labute approximate surface area is 115 Å². The zero-order valence-electron chi connectivity index (χ0n) is 10.8. The number of amides is 1. The van der Waals surface area contributed by atoms with Crippen LogP contribution in [-0.2, 0) is 6.54 Å². The monoisotopic (exact) mass is 280 g/mol. The molecule has 0 aromatic carbocycles. The van der Waals surface area contributed by atoms with Gasteiger partial charge in [-0.2, -0.15) is 0 Å². The molecule has 1 fully saturated rings. The van der Waals surface area contributed by atoms with Crippen molar-refractivity contribution in [2.24, 2.45) is 0 Å². The molecule has 0 saturated carbocycles. The Bertz CT molecular complexity index is 571. The zero-order valence-corrected chi connectivity index (χ0v) is 11.6. The predicted octanol–water partition coefficient (Wildman–Crippen LogP) is -0.217. The van der Waals surface area contributed by atoms with Crippen LogP contribution in [0.3, 0.4) is 0 Å². The number of thioether (sulfide) groups is 1. The average Bonchev–Trinajstić information content (AvgIpc) is 2.88. The van der Waals surface area contributed by atoms with Gasteiger partial charge in [0.2, 0.25) is 0 Å². The van der Waals surface area contributed by atoms with Gasteiger partial charge < -0.3 is 10.2 Å². The molecule has 1 aromatic heterocycles. The van der Waals surface area contributed by atoms with E-state index in [1.165, 1.54) is 6.20 Å². The number of nitrogens with zero attached hydrogens (tertiary/aromatic N) is 3. The number of carbonyl (C=O) groups excluding carboxylic acids is 1. The van der Waals surface area contributed by atoms with Gasteiger partial charge in [-0.1, -0.05) is 11.8 Å². The SMILES string of the molecule is C[C@H]1CNCCN1C(=O)c1cnc2n(c1=O)CCS2. The minimum Gasteiger partial charge on any atom is -0.333 e. The molecule has 1 atom stereocenters. The molecule has 6 nitrogen and oxygen atoms in total. The van der Waals surface area contributed by atoms with Crippen molar-refractivity contribution in [1.82, 2.24) is 19.8 Å². The summed E-state index contributed by atoms with van der Waals surface area (Å²) in [5.74, 6) is 0.655. The van der Waals surface area contributed by atoms with Gasteiger partial charge in [0.15, 0.2) is 5.16 Å². The fraction of sp³-hybridized carbons (Fsp3) is 0.583. The van der Waals surface area contributed by atoms with Crippen LogP contribution in [0.2, 0.25) is 0 Å². The molecule has 1 amide bonds. The van der Waals surface area contributed by atoms with Crippen molar-refractivity contribution in [3.8, 4) is 0 Å². The molecule has 1 saturated heterocycles. The summed E-state index contributed by atoms with van der Waals surface area (Å²) >= 11 is 1.56. The second-order valence-corrected chi connectivity index (χ2v) is 5.87. The molecule has 0 aliphatic carbocycles. The maximum atomic E-state index is 12.5. The number of hydrogen-bond acceptors (Lipinski definition) is 5. The van der Waals surface area contributed by atoms with Gasteiger partial charge >= 0.3 is 0 Å². The van der Waals surface area contributed by atoms with E-state index in [0.717, 1.165) is 24.0 Å². The van der Waals surface area contributed by atoms with E-state index in [9.17, 15) is 9.59 Å². The molecule has 0 radical (unpaired) electrons. The van der Waals surface area contributed by atoms with Gasteiger partial charge in [-0.3, -0.25) is 14.2 Å². The van der Waals surface area contributed by atoms with Crippen LogP contribution >= 0.6 is 11.8 Å². The second kappa shape index (κ2) is 4.97. The molecule has 102 valence electrons. The highest BCUT2D eigenvalue weighted by Crippen LogP contribution is 2.21. The number of rotatable bonds is 1. The van der Waals surface area contributed by atoms with Crippen LogP contribution in [0.1, 0.15) is 17.3 Å². The molecular formula is C12H16N4O2S. The van der Waals surface area contributed by atoms with Gasteiger partial charge in [0.25, 0.3) is 11.5 Å². The van der Waals surface area contributed by atoms with Crippen LogP contribution in [0.4, 0.5) is 0 Å². The third kappa shape index (κ3) is 2.17. The van der Waals surface area contributed by atoms with Gasteiger partial charge in [-0.15, -0.1) is 0 Å². The molecule has 0 unspecified atom stereocenters. The van der Waals surface area contributed by atoms with Crippen molar-refractivity contribution in [3.05, 3.63) is 22.1 Å². The predicted molar refractivity (Wildman–Crippen MR) is 72.6 cm³/mol. The number of aromatic nitrogens is 2. The molecule has 1 N–H and O–H groups in total. The molecule has 0 spiro atoms. The van der Waals surface area contributed by atoms with Crippen LogP contribution in [-0.4, -0.2) is 51.8 Å². The Morgan fingerprint density at radius 3 is 3.16 bits per heavy atom. The molecule has 3 heterocycles. The fourth-order valence-corrected chi connectivity index (χ4v) is 3.38. The molecule has 3 rings (SSSR count). The van der Waals surface area contributed by atoms with Crippen molar-refractivity contribution in [1.29, 1.82) is 0 Å². The lowest BCUT2D eigenvalue weighted by atomic mass is 10.2. The van der Waals surface area contributed by atoms with Crippen molar-refractivity contribution in [2.75, 3.05) is 25.4 Å². The lowest BCUT2D eigenvalue weighted by Crippen LogP contribution is -2.53. The van der Waals surface area contributed by atoms with Crippen molar-refractivity contribution in [3.63, 3.8) is 0 Å². The molecule has 19 heavy (non-hydrogen) atoms. The van der Waals surface area contributed by atoms with Gasteiger partial charge in [0.1, 0.15) is 5.56 Å². The van der Waals surface area contributed by atoms with E-state index >= 15 is 0 Å². The summed E-state index contributed by atoms with van der Waals surface area (Å²) in [5.41, 5.74) is -0.00858. The highest BCUT2D eigenvalue weighted by Gasteiger charge is 2.28. The van der Waals surface area contributed by atoms with Crippen LogP contribution in [0.5, 0.6) is 0 Å². The molecular weight excluding hydrogens is 264 g/mol. The Morgan fingerprint density at radius 2 is 2.37 bits per heavy atom. The fourth-order valence-electron chi connectivity index (χ4n) is 2.46. The third-order valence-corrected chi connectivity index (χ3v) is 4.52. The Balaban J connectivity index is 1.94. The number of piperazine rings is 1. The first-order chi connectivity index (χ1) is 9.18. The largest absolute Gasteiger partial charge is 0.333 e. The standard InChI is InChI=1S/C12H16N4O2S/c1-8-6-13-2-3-15(8)10(17)9-7-14-12-16(11(9)18)4-5-19-12/h7-8,13H,2-6H2,1H3/t8-/m0/s1. The van der Waals surface area contributed by atoms with Gasteiger partial charge in [0.05, 0.1) is 0 Å². The van der Waals surface area contributed by atoms with E-state index < -0.39 is 0 Å². The number of hydrogen-bond donors (Lipinski definition) is 1. The number of carbonyl (C=O) groups is 1. The van der Waals surface area contributed by atoms with E-state index in [1.54, 1.807) is 21.2 Å². The summed E-state index contributed by atoms with van der Waals surface area (Å²) in [5, 5.41) is 3.95. The maximum Gasteiger partial charge on any atom is 0.267 e. The van der Waals surface area contributed by atoms with Crippen molar-refractivity contribution < 1.29 is 4.79 Å². The quantitative estimate of drug-likeness (QED) is 0.721. The lowest BCUT2D eigenvalue weighted by molar-refractivity contribution is 0.0652. The van der Waals surface area contributed by atoms with Crippen LogP contribution in [0.15, 0.2) is 16.1 Å². The van der Waals surface area contributed by atoms with Crippen molar-refractivity contribution >= 4 is 17.7 Å². The summed E-state index contributed by atoms with van der Waals surface area (Å²) in [7, 11) is 0. The summed E-state index contributed by atoms with van der Waals surface area (Å²) in [6.07, 6.45) is 1.43. The second-order valence-electron chi connectivity index (χ2n) is 4.81. The van der Waals surface area contributed by atoms with Gasteiger partial charge in [0, 0.05) is 44.2 Å². The molecule has 1 aromatic rings. The zero-order chi connectivity index (χ0) is 13.4. The Hall–Kier alpha value is -1.34. The van der Waals surface area contributed by atoms with E-state index in [4.69, 9.17) is 0 Å². The van der Waals surface area contributed by atoms with Crippen LogP contribution in [0.25, 0.3) is 0 Å². The number of fused-ring (bicyclic) bond motifs is 1. The summed E-state index contributed by atoms with van der Waals surface area (Å²) in [6, 6.07) is 0.105. The van der Waals surface area contributed by atoms with E-state index in [2.05, 4.69) is 10.3 Å². The molecule has 2 aliphatic heterocycles. The Kier molecular flexibility index (Phi) is 3.32. The van der Waals surface area contributed by atoms with E-state index in [0.29, 0.717) is 13.1 Å². The molecule has 2 aliphatic rings. The smallest absolute Gasteiger partial charge is 0.267 e. The van der Waals surface area contributed by atoms with Crippen LogP contribution in [0, 0.1) is 0 Å². The first kappa shape index (κ1) is 12.7. The maximum absolute atomic E-state index is 12.5. The average molecular weight is 280 g/mol. The molecule has 0 bridgehead atoms. The first-order valence-corrected chi connectivity index (χ1v) is 7.41. The minimum atomic E-state index is -0.203. The topological polar surface area (TPSA) is 67.2 Å². The summed E-state index contributed by atoms with van der Waals surface area (Å²) < 4.78 is 1.60. The first-order valence-electron chi connectivity index (χ1n) is 6.43. The minimum absolute atomic E-state index is 0.105. The highest BCUT2D eigenvalue weighted by atomic mass is 32.2. The van der Waals surface area contributed by atoms with Crippen molar-refractivity contribution in [2.45, 2.75) is 24.7 Å². The highest BCUT2D eigenvalue weighted by molar-refractivity contribution is 7.99. The third-order valence-electron chi connectivity index (χ3n) is 3.55. The lowest BCUT2D eigenvalue weighted by Gasteiger charge is -2.33. The van der Waals surface area contributed by atoms with Gasteiger partial charge in [-0.25, -0.2) is 4.98 Å². The van der Waals surface area contributed by atoms with Crippen LogP contribution < -0.4 is 10.9 Å². The van der Waals surface area contributed by atoms with E-state index in [1.807, 2.05) is 6.92 Å². The summed E-state index contributed by atoms with van der Waals surface area (Å²) in [6.45, 7) is 4.80. The number of nitrogens with one attached hydrogen (secondary N) is 1.